The Bertz CT molecular complexity index is 1010. The number of rotatable bonds is 9. The normalized spacial score (nSPS) is 10.4. The molecule has 0 aliphatic carbocycles. The largest absolute Gasteiger partial charge is 0.494 e. The summed E-state index contributed by atoms with van der Waals surface area (Å²) in [5.74, 6) is 6.42. The van der Waals surface area contributed by atoms with Crippen LogP contribution in [0.2, 0.25) is 5.02 Å². The predicted molar refractivity (Wildman–Crippen MR) is 127 cm³/mol. The van der Waals surface area contributed by atoms with Gasteiger partial charge in [-0.05, 0) is 72.9 Å². The minimum atomic E-state index is -0.399. The van der Waals surface area contributed by atoms with Crippen molar-refractivity contribution in [1.29, 1.82) is 0 Å². The van der Waals surface area contributed by atoms with Crippen molar-refractivity contribution in [2.24, 2.45) is 0 Å². The van der Waals surface area contributed by atoms with Gasteiger partial charge in [0.2, 0.25) is 0 Å². The van der Waals surface area contributed by atoms with Gasteiger partial charge in [0.15, 0.2) is 0 Å². The van der Waals surface area contributed by atoms with Gasteiger partial charge in [-0.1, -0.05) is 73.9 Å². The maximum atomic E-state index is 13.8. The third-order valence-corrected chi connectivity index (χ3v) is 5.35. The average Bonchev–Trinajstić information content (AvgIpc) is 2.78. The molecule has 1 nitrogen and oxygen atoms in total. The number of hydrogen-bond donors (Lipinski definition) is 0. The topological polar surface area (TPSA) is 9.23 Å². The van der Waals surface area contributed by atoms with Crippen LogP contribution in [-0.2, 0) is 12.8 Å². The molecule has 0 unspecified atom stereocenters. The summed E-state index contributed by atoms with van der Waals surface area (Å²) >= 11 is 5.77. The predicted octanol–water partition coefficient (Wildman–Crippen LogP) is 7.62. The summed E-state index contributed by atoms with van der Waals surface area (Å²) in [7, 11) is 0. The average molecular weight is 435 g/mol. The Morgan fingerprint density at radius 1 is 0.806 bits per heavy atom. The molecule has 160 valence electrons. The van der Waals surface area contributed by atoms with Gasteiger partial charge in [0.1, 0.15) is 11.6 Å². The molecule has 0 aliphatic heterocycles. The van der Waals surface area contributed by atoms with Crippen molar-refractivity contribution in [2.45, 2.75) is 45.4 Å². The van der Waals surface area contributed by atoms with Crippen LogP contribution in [0.3, 0.4) is 0 Å². The van der Waals surface area contributed by atoms with E-state index in [1.807, 2.05) is 12.1 Å². The summed E-state index contributed by atoms with van der Waals surface area (Å²) in [5.41, 5.74) is 3.75. The Morgan fingerprint density at radius 2 is 1.48 bits per heavy atom. The van der Waals surface area contributed by atoms with E-state index in [1.165, 1.54) is 36.5 Å². The first-order valence-electron chi connectivity index (χ1n) is 10.9. The second-order valence-corrected chi connectivity index (χ2v) is 8.06. The number of ether oxygens (including phenoxy) is 1. The zero-order chi connectivity index (χ0) is 21.9. The fourth-order valence-electron chi connectivity index (χ4n) is 3.24. The number of hydrogen-bond acceptors (Lipinski definition) is 1. The van der Waals surface area contributed by atoms with Crippen LogP contribution in [-0.4, -0.2) is 6.61 Å². The monoisotopic (exact) mass is 434 g/mol. The van der Waals surface area contributed by atoms with Crippen molar-refractivity contribution >= 4 is 11.6 Å². The molecule has 0 radical (unpaired) electrons. The molecule has 0 spiro atoms. The van der Waals surface area contributed by atoms with Gasteiger partial charge in [0, 0.05) is 10.6 Å². The molecule has 0 heterocycles. The number of aryl methyl sites for hydroxylation is 2. The van der Waals surface area contributed by atoms with Gasteiger partial charge >= 0.3 is 0 Å². The van der Waals surface area contributed by atoms with E-state index in [1.54, 1.807) is 12.1 Å². The van der Waals surface area contributed by atoms with E-state index in [-0.39, 0.29) is 0 Å². The first-order valence-corrected chi connectivity index (χ1v) is 11.3. The highest BCUT2D eigenvalue weighted by molar-refractivity contribution is 6.30. The molecule has 0 aliphatic rings. The molecule has 0 fully saturated rings. The zero-order valence-electron chi connectivity index (χ0n) is 18.0. The lowest BCUT2D eigenvalue weighted by atomic mass is 10.0. The Kier molecular flexibility index (Phi) is 9.00. The maximum absolute atomic E-state index is 13.8. The van der Waals surface area contributed by atoms with Crippen molar-refractivity contribution in [2.75, 3.05) is 6.61 Å². The molecule has 3 aromatic rings. The lowest BCUT2D eigenvalue weighted by molar-refractivity contribution is 0.305. The van der Waals surface area contributed by atoms with Gasteiger partial charge in [0.25, 0.3) is 0 Å². The molecule has 0 bridgehead atoms. The Labute approximate surface area is 190 Å². The number of halogens is 2. The minimum Gasteiger partial charge on any atom is -0.494 e. The maximum Gasteiger partial charge on any atom is 0.140 e. The van der Waals surface area contributed by atoms with Crippen molar-refractivity contribution in [3.05, 3.63) is 99.8 Å². The van der Waals surface area contributed by atoms with Crippen LogP contribution >= 0.6 is 11.6 Å². The van der Waals surface area contributed by atoms with Gasteiger partial charge in [-0.15, -0.1) is 0 Å². The van der Waals surface area contributed by atoms with E-state index in [4.69, 9.17) is 16.3 Å². The van der Waals surface area contributed by atoms with Gasteiger partial charge in [-0.2, -0.15) is 0 Å². The summed E-state index contributed by atoms with van der Waals surface area (Å²) in [6.07, 6.45) is 6.79. The fourth-order valence-corrected chi connectivity index (χ4v) is 3.40. The van der Waals surface area contributed by atoms with Gasteiger partial charge in [-0.3, -0.25) is 0 Å². The molecular formula is C28H28ClFO. The zero-order valence-corrected chi connectivity index (χ0v) is 18.7. The van der Waals surface area contributed by atoms with Crippen LogP contribution in [0.4, 0.5) is 4.39 Å². The molecule has 31 heavy (non-hydrogen) atoms. The van der Waals surface area contributed by atoms with Gasteiger partial charge < -0.3 is 4.74 Å². The Morgan fingerprint density at radius 3 is 2.13 bits per heavy atom. The van der Waals surface area contributed by atoms with Crippen molar-refractivity contribution in [3.63, 3.8) is 0 Å². The van der Waals surface area contributed by atoms with E-state index >= 15 is 0 Å². The van der Waals surface area contributed by atoms with E-state index in [0.717, 1.165) is 37.2 Å². The molecular weight excluding hydrogens is 407 g/mol. The summed E-state index contributed by atoms with van der Waals surface area (Å²) in [5, 5.41) is 0.372. The lowest BCUT2D eigenvalue weighted by Crippen LogP contribution is -1.97. The number of unbranched alkanes of at least 4 members (excludes halogenated alkanes) is 3. The quantitative estimate of drug-likeness (QED) is 0.248. The van der Waals surface area contributed by atoms with Crippen LogP contribution in [0.15, 0.2) is 66.7 Å². The Balaban J connectivity index is 1.47. The molecule has 0 aromatic heterocycles. The number of benzene rings is 3. The summed E-state index contributed by atoms with van der Waals surface area (Å²) in [6.45, 7) is 3.01. The third-order valence-electron chi connectivity index (χ3n) is 5.12. The standard InChI is InChI=1S/C28H28ClFO/c1-2-3-4-5-20-31-27-18-13-24(14-19-27)11-8-22-6-9-23(10-7-22)12-15-25-16-17-26(29)21-28(25)30/h6-7,9-10,13-14,16-19,21H,2-5,8,11,20H2,1H3. The SMILES string of the molecule is CCCCCCOc1ccc(CCc2ccc(C#Cc3ccc(Cl)cc3F)cc2)cc1. The first-order chi connectivity index (χ1) is 15.1. The molecule has 0 saturated heterocycles. The van der Waals surface area contributed by atoms with Crippen LogP contribution < -0.4 is 4.74 Å². The first kappa shape index (κ1) is 22.9. The lowest BCUT2D eigenvalue weighted by Gasteiger charge is -2.07. The highest BCUT2D eigenvalue weighted by Crippen LogP contribution is 2.16. The molecule has 0 saturated carbocycles. The molecule has 3 rings (SSSR count). The smallest absolute Gasteiger partial charge is 0.140 e. The molecule has 3 aromatic carbocycles. The summed E-state index contributed by atoms with van der Waals surface area (Å²) in [4.78, 5) is 0. The highest BCUT2D eigenvalue weighted by atomic mass is 35.5. The van der Waals surface area contributed by atoms with Gasteiger partial charge in [0.05, 0.1) is 12.2 Å². The summed E-state index contributed by atoms with van der Waals surface area (Å²) in [6, 6.07) is 21.0. The van der Waals surface area contributed by atoms with E-state index < -0.39 is 5.82 Å². The van der Waals surface area contributed by atoms with Crippen LogP contribution in [0.1, 0.15) is 54.9 Å². The fraction of sp³-hybridized carbons (Fsp3) is 0.286. The highest BCUT2D eigenvalue weighted by Gasteiger charge is 2.01. The second kappa shape index (κ2) is 12.2. The van der Waals surface area contributed by atoms with E-state index in [0.29, 0.717) is 10.6 Å². The Hall–Kier alpha value is -2.76. The van der Waals surface area contributed by atoms with Gasteiger partial charge in [-0.25, -0.2) is 4.39 Å². The second-order valence-electron chi connectivity index (χ2n) is 7.62. The van der Waals surface area contributed by atoms with E-state index in [9.17, 15) is 4.39 Å². The van der Waals surface area contributed by atoms with Crippen LogP contribution in [0.25, 0.3) is 0 Å². The summed E-state index contributed by atoms with van der Waals surface area (Å²) < 4.78 is 19.6. The van der Waals surface area contributed by atoms with E-state index in [2.05, 4.69) is 55.2 Å². The van der Waals surface area contributed by atoms with Crippen LogP contribution in [0.5, 0.6) is 5.75 Å². The molecule has 0 amide bonds. The van der Waals surface area contributed by atoms with Crippen molar-refractivity contribution < 1.29 is 9.13 Å². The molecule has 0 atom stereocenters. The minimum absolute atomic E-state index is 0.349. The molecule has 3 heteroatoms. The molecule has 0 N–H and O–H groups in total. The van der Waals surface area contributed by atoms with Crippen molar-refractivity contribution in [3.8, 4) is 17.6 Å². The third kappa shape index (κ3) is 7.78. The van der Waals surface area contributed by atoms with Crippen LogP contribution in [0, 0.1) is 17.7 Å². The van der Waals surface area contributed by atoms with Crippen molar-refractivity contribution in [1.82, 2.24) is 0 Å².